The molecule has 2 N–H and O–H groups in total. The molecule has 178 valence electrons. The quantitative estimate of drug-likeness (QED) is 0.293. The zero-order valence-corrected chi connectivity index (χ0v) is 19.0. The number of nitrogens with zero attached hydrogens (tertiary/aromatic N) is 1. The van der Waals surface area contributed by atoms with Crippen molar-refractivity contribution in [2.24, 2.45) is 0 Å². The van der Waals surface area contributed by atoms with E-state index in [2.05, 4.69) is 10.3 Å². The number of hydrogen-bond donors (Lipinski definition) is 2. The Kier molecular flexibility index (Phi) is 7.21. The van der Waals surface area contributed by atoms with Crippen molar-refractivity contribution in [1.82, 2.24) is 10.3 Å². The molecule has 0 saturated carbocycles. The van der Waals surface area contributed by atoms with Crippen molar-refractivity contribution in [3.05, 3.63) is 101 Å². The van der Waals surface area contributed by atoms with Crippen LogP contribution in [0.5, 0.6) is 11.5 Å². The lowest BCUT2D eigenvalue weighted by molar-refractivity contribution is 0.0597. The molecule has 1 heterocycles. The van der Waals surface area contributed by atoms with Gasteiger partial charge in [-0.2, -0.15) is 0 Å². The third kappa shape index (κ3) is 5.55. The average molecular weight is 474 g/mol. The maximum Gasteiger partial charge on any atom is 0.341 e. The molecule has 8 heteroatoms. The smallest absolute Gasteiger partial charge is 0.341 e. The minimum absolute atomic E-state index is 0.0986. The number of ether oxygens (including phenoxy) is 2. The molecule has 1 aromatic heterocycles. The number of benzene rings is 3. The van der Waals surface area contributed by atoms with Crippen molar-refractivity contribution in [3.8, 4) is 11.5 Å². The standard InChI is InChI=1S/C27H23FN2O5/c1-34-27(33)23-15-22(26(32)29-11-12-35-20-5-3-2-4-6-20)21-14-18(16-30-24(21)25(23)31)13-17-7-9-19(28)10-8-17/h2-10,14-16,31H,11-13H2,1H3,(H,29,32). The summed E-state index contributed by atoms with van der Waals surface area (Å²) >= 11 is 0. The van der Waals surface area contributed by atoms with E-state index in [0.717, 1.165) is 11.1 Å². The number of phenolic OH excluding ortho intramolecular Hbond substituents is 1. The molecule has 0 aliphatic heterocycles. The number of esters is 1. The van der Waals surface area contributed by atoms with Crippen LogP contribution in [0, 0.1) is 5.82 Å². The van der Waals surface area contributed by atoms with Crippen LogP contribution in [-0.4, -0.2) is 42.2 Å². The van der Waals surface area contributed by atoms with Gasteiger partial charge in [0.25, 0.3) is 5.91 Å². The third-order valence-corrected chi connectivity index (χ3v) is 5.37. The Hall–Kier alpha value is -4.46. The Morgan fingerprint density at radius 2 is 1.74 bits per heavy atom. The van der Waals surface area contributed by atoms with Crippen LogP contribution in [0.25, 0.3) is 10.9 Å². The maximum absolute atomic E-state index is 13.2. The number of hydrogen-bond acceptors (Lipinski definition) is 6. The first-order valence-corrected chi connectivity index (χ1v) is 10.9. The molecule has 1 amide bonds. The van der Waals surface area contributed by atoms with E-state index in [1.54, 1.807) is 24.4 Å². The zero-order valence-electron chi connectivity index (χ0n) is 19.0. The second-order valence-electron chi connectivity index (χ2n) is 7.77. The number of aromatic hydroxyl groups is 1. The van der Waals surface area contributed by atoms with E-state index in [-0.39, 0.29) is 41.4 Å². The number of halogens is 1. The van der Waals surface area contributed by atoms with Crippen LogP contribution >= 0.6 is 0 Å². The monoisotopic (exact) mass is 474 g/mol. The molecule has 0 spiro atoms. The van der Waals surface area contributed by atoms with Gasteiger partial charge in [-0.1, -0.05) is 30.3 Å². The fourth-order valence-electron chi connectivity index (χ4n) is 3.65. The first-order valence-electron chi connectivity index (χ1n) is 10.9. The van der Waals surface area contributed by atoms with Crippen LogP contribution in [0.3, 0.4) is 0 Å². The number of pyridine rings is 1. The van der Waals surface area contributed by atoms with Crippen molar-refractivity contribution >= 4 is 22.8 Å². The summed E-state index contributed by atoms with van der Waals surface area (Å²) in [5.74, 6) is -1.27. The molecule has 0 fully saturated rings. The molecular formula is C27H23FN2O5. The molecule has 0 atom stereocenters. The van der Waals surface area contributed by atoms with E-state index in [1.807, 2.05) is 30.3 Å². The largest absolute Gasteiger partial charge is 0.505 e. The molecule has 0 aliphatic carbocycles. The number of carbonyl (C=O) groups is 2. The molecule has 0 aliphatic rings. The molecule has 7 nitrogen and oxygen atoms in total. The molecule has 3 aromatic carbocycles. The van der Waals surface area contributed by atoms with Gasteiger partial charge in [0.15, 0.2) is 5.75 Å². The molecule has 0 saturated heterocycles. The van der Waals surface area contributed by atoms with Crippen molar-refractivity contribution in [2.75, 3.05) is 20.3 Å². The Morgan fingerprint density at radius 3 is 2.46 bits per heavy atom. The van der Waals surface area contributed by atoms with Crippen molar-refractivity contribution in [3.63, 3.8) is 0 Å². The summed E-state index contributed by atoms with van der Waals surface area (Å²) < 4.78 is 23.6. The van der Waals surface area contributed by atoms with E-state index < -0.39 is 11.9 Å². The number of fused-ring (bicyclic) bond motifs is 1. The van der Waals surface area contributed by atoms with Gasteiger partial charge in [-0.3, -0.25) is 9.78 Å². The van der Waals surface area contributed by atoms with E-state index in [4.69, 9.17) is 9.47 Å². The summed E-state index contributed by atoms with van der Waals surface area (Å²) in [4.78, 5) is 29.6. The van der Waals surface area contributed by atoms with Crippen molar-refractivity contribution in [1.29, 1.82) is 0 Å². The van der Waals surface area contributed by atoms with Gasteiger partial charge in [0.2, 0.25) is 0 Å². The first-order chi connectivity index (χ1) is 17.0. The number of nitrogens with one attached hydrogen (secondary N) is 1. The van der Waals surface area contributed by atoms with E-state index in [0.29, 0.717) is 17.6 Å². The molecule has 35 heavy (non-hydrogen) atoms. The number of methoxy groups -OCH3 is 1. The summed E-state index contributed by atoms with van der Waals surface area (Å²) in [7, 11) is 1.19. The van der Waals surface area contributed by atoms with Gasteiger partial charge >= 0.3 is 5.97 Å². The fourth-order valence-corrected chi connectivity index (χ4v) is 3.65. The van der Waals surface area contributed by atoms with Gasteiger partial charge in [0.1, 0.15) is 29.3 Å². The van der Waals surface area contributed by atoms with Gasteiger partial charge in [0, 0.05) is 17.1 Å². The van der Waals surface area contributed by atoms with Crippen LogP contribution in [0.15, 0.2) is 72.9 Å². The predicted molar refractivity (Wildman–Crippen MR) is 128 cm³/mol. The highest BCUT2D eigenvalue weighted by molar-refractivity contribution is 6.11. The van der Waals surface area contributed by atoms with Crippen LogP contribution in [0.2, 0.25) is 0 Å². The Labute approximate surface area is 201 Å². The van der Waals surface area contributed by atoms with Gasteiger partial charge in [-0.05, 0) is 53.9 Å². The number of rotatable bonds is 8. The highest BCUT2D eigenvalue weighted by Crippen LogP contribution is 2.32. The summed E-state index contributed by atoms with van der Waals surface area (Å²) in [5, 5.41) is 13.8. The number of carbonyl (C=O) groups excluding carboxylic acids is 2. The number of para-hydroxylation sites is 1. The zero-order chi connectivity index (χ0) is 24.8. The van der Waals surface area contributed by atoms with Gasteiger partial charge in [0.05, 0.1) is 13.7 Å². The molecule has 0 unspecified atom stereocenters. The highest BCUT2D eigenvalue weighted by atomic mass is 19.1. The lowest BCUT2D eigenvalue weighted by atomic mass is 9.98. The molecule has 4 rings (SSSR count). The minimum atomic E-state index is -0.789. The van der Waals surface area contributed by atoms with Crippen LogP contribution in [-0.2, 0) is 11.2 Å². The van der Waals surface area contributed by atoms with E-state index >= 15 is 0 Å². The molecule has 0 bridgehead atoms. The fraction of sp³-hybridized carbons (Fsp3) is 0.148. The lowest BCUT2D eigenvalue weighted by Gasteiger charge is -2.13. The molecular weight excluding hydrogens is 451 g/mol. The van der Waals surface area contributed by atoms with Crippen LogP contribution < -0.4 is 10.1 Å². The number of aromatic nitrogens is 1. The van der Waals surface area contributed by atoms with Gasteiger partial charge < -0.3 is 19.9 Å². The van der Waals surface area contributed by atoms with Crippen LogP contribution in [0.1, 0.15) is 31.8 Å². The third-order valence-electron chi connectivity index (χ3n) is 5.37. The molecule has 0 radical (unpaired) electrons. The Bertz CT molecular complexity index is 1360. The Balaban J connectivity index is 1.62. The van der Waals surface area contributed by atoms with E-state index in [1.165, 1.54) is 25.3 Å². The Morgan fingerprint density at radius 1 is 1.00 bits per heavy atom. The number of amides is 1. The topological polar surface area (TPSA) is 97.8 Å². The molecule has 4 aromatic rings. The maximum atomic E-state index is 13.2. The average Bonchev–Trinajstić information content (AvgIpc) is 2.88. The van der Waals surface area contributed by atoms with Crippen LogP contribution in [0.4, 0.5) is 4.39 Å². The van der Waals surface area contributed by atoms with Gasteiger partial charge in [-0.25, -0.2) is 9.18 Å². The normalized spacial score (nSPS) is 10.7. The summed E-state index contributed by atoms with van der Waals surface area (Å²) in [6.45, 7) is 0.454. The second kappa shape index (κ2) is 10.6. The lowest BCUT2D eigenvalue weighted by Crippen LogP contribution is -2.28. The van der Waals surface area contributed by atoms with Crippen molar-refractivity contribution < 1.29 is 28.6 Å². The predicted octanol–water partition coefficient (Wildman–Crippen LogP) is 4.27. The summed E-state index contributed by atoms with van der Waals surface area (Å²) in [6, 6.07) is 18.3. The second-order valence-corrected chi connectivity index (χ2v) is 7.77. The highest BCUT2D eigenvalue weighted by Gasteiger charge is 2.22. The summed E-state index contributed by atoms with van der Waals surface area (Å²) in [5.41, 5.74) is 1.69. The summed E-state index contributed by atoms with van der Waals surface area (Å²) in [6.07, 6.45) is 1.98. The van der Waals surface area contributed by atoms with Gasteiger partial charge in [-0.15, -0.1) is 0 Å². The SMILES string of the molecule is COC(=O)c1cc(C(=O)NCCOc2ccccc2)c2cc(Cc3ccc(F)cc3)cnc2c1O. The van der Waals surface area contributed by atoms with Crippen molar-refractivity contribution in [2.45, 2.75) is 6.42 Å². The first kappa shape index (κ1) is 23.7. The van der Waals surface area contributed by atoms with E-state index in [9.17, 15) is 19.1 Å². The minimum Gasteiger partial charge on any atom is -0.505 e. The number of phenols is 1.